The highest BCUT2D eigenvalue weighted by molar-refractivity contribution is 5.70. The van der Waals surface area contributed by atoms with E-state index in [2.05, 4.69) is 22.3 Å². The largest absolute Gasteiger partial charge is 0.329 e. The lowest BCUT2D eigenvalue weighted by Crippen LogP contribution is -2.18. The van der Waals surface area contributed by atoms with Crippen molar-refractivity contribution in [3.63, 3.8) is 0 Å². The van der Waals surface area contributed by atoms with Gasteiger partial charge < -0.3 is 5.32 Å². The van der Waals surface area contributed by atoms with Crippen LogP contribution in [0.1, 0.15) is 18.4 Å². The predicted molar refractivity (Wildman–Crippen MR) is 60.6 cm³/mol. The number of benzene rings is 1. The molecular weight excluding hydrogens is 188 g/mol. The van der Waals surface area contributed by atoms with Gasteiger partial charge in [-0.25, -0.2) is 0 Å². The van der Waals surface area contributed by atoms with E-state index in [0.29, 0.717) is 6.41 Å². The van der Waals surface area contributed by atoms with Gasteiger partial charge in [-0.15, -0.1) is 0 Å². The van der Waals surface area contributed by atoms with Gasteiger partial charge in [-0.2, -0.15) is 0 Å². The summed E-state index contributed by atoms with van der Waals surface area (Å²) in [5.41, 5.74) is 2.17. The smallest absolute Gasteiger partial charge is 0.211 e. The molecule has 0 saturated carbocycles. The van der Waals surface area contributed by atoms with Gasteiger partial charge in [0, 0.05) is 12.2 Å². The van der Waals surface area contributed by atoms with Crippen LogP contribution in [0.4, 0.5) is 5.69 Å². The third kappa shape index (κ3) is 2.80. The normalized spacial score (nSPS) is 16.5. The fourth-order valence-electron chi connectivity index (χ4n) is 1.97. The van der Waals surface area contributed by atoms with Gasteiger partial charge in [0.1, 0.15) is 0 Å². The molecule has 1 N–H and O–H groups in total. The fraction of sp³-hybridized carbons (Fsp3) is 0.417. The van der Waals surface area contributed by atoms with E-state index in [-0.39, 0.29) is 0 Å². The molecule has 1 amide bonds. The maximum atomic E-state index is 10.2. The Morgan fingerprint density at radius 2 is 1.87 bits per heavy atom. The number of anilines is 1. The van der Waals surface area contributed by atoms with Crippen molar-refractivity contribution in [2.24, 2.45) is 0 Å². The van der Waals surface area contributed by atoms with Gasteiger partial charge in [0.2, 0.25) is 6.41 Å². The van der Waals surface area contributed by atoms with Crippen molar-refractivity contribution in [2.75, 3.05) is 18.4 Å². The maximum absolute atomic E-state index is 10.2. The number of likely N-dealkylation sites (tertiary alicyclic amines) is 1. The number of nitrogens with zero attached hydrogens (tertiary/aromatic N) is 1. The van der Waals surface area contributed by atoms with Gasteiger partial charge in [-0.1, -0.05) is 12.1 Å². The predicted octanol–water partition coefficient (Wildman–Crippen LogP) is 1.85. The van der Waals surface area contributed by atoms with Crippen molar-refractivity contribution < 1.29 is 4.79 Å². The topological polar surface area (TPSA) is 32.3 Å². The molecule has 3 heteroatoms. The Kier molecular flexibility index (Phi) is 3.35. The van der Waals surface area contributed by atoms with E-state index in [1.807, 2.05) is 12.1 Å². The second kappa shape index (κ2) is 4.94. The van der Waals surface area contributed by atoms with E-state index in [1.54, 1.807) is 0 Å². The molecule has 1 aliphatic heterocycles. The van der Waals surface area contributed by atoms with Gasteiger partial charge in [0.15, 0.2) is 0 Å². The number of carbonyl (C=O) groups is 1. The first-order valence-electron chi connectivity index (χ1n) is 5.40. The van der Waals surface area contributed by atoms with E-state index >= 15 is 0 Å². The molecule has 2 rings (SSSR count). The monoisotopic (exact) mass is 204 g/mol. The zero-order valence-electron chi connectivity index (χ0n) is 8.78. The molecule has 0 atom stereocenters. The molecule has 0 radical (unpaired) electrons. The number of nitrogens with one attached hydrogen (secondary N) is 1. The van der Waals surface area contributed by atoms with Crippen LogP contribution in [-0.4, -0.2) is 24.4 Å². The van der Waals surface area contributed by atoms with Crippen molar-refractivity contribution in [1.29, 1.82) is 0 Å². The van der Waals surface area contributed by atoms with E-state index in [0.717, 1.165) is 12.2 Å². The zero-order valence-corrected chi connectivity index (χ0v) is 8.78. The number of hydrogen-bond acceptors (Lipinski definition) is 2. The molecule has 0 unspecified atom stereocenters. The third-order valence-corrected chi connectivity index (χ3v) is 2.78. The minimum Gasteiger partial charge on any atom is -0.329 e. The summed E-state index contributed by atoms with van der Waals surface area (Å²) < 4.78 is 0. The summed E-state index contributed by atoms with van der Waals surface area (Å²) in [4.78, 5) is 12.7. The van der Waals surface area contributed by atoms with Gasteiger partial charge in [0.25, 0.3) is 0 Å². The molecule has 0 aliphatic carbocycles. The van der Waals surface area contributed by atoms with Crippen LogP contribution in [0.25, 0.3) is 0 Å². The Morgan fingerprint density at radius 1 is 1.20 bits per heavy atom. The molecule has 1 aromatic rings. The summed E-state index contributed by atoms with van der Waals surface area (Å²) in [6.07, 6.45) is 3.35. The Bertz CT molecular complexity index is 315. The van der Waals surface area contributed by atoms with Crippen LogP contribution in [0.3, 0.4) is 0 Å². The minimum atomic E-state index is 0.704. The lowest BCUT2D eigenvalue weighted by molar-refractivity contribution is -0.105. The van der Waals surface area contributed by atoms with Crippen LogP contribution < -0.4 is 5.32 Å². The summed E-state index contributed by atoms with van der Waals surface area (Å²) in [7, 11) is 0. The first-order chi connectivity index (χ1) is 7.38. The third-order valence-electron chi connectivity index (χ3n) is 2.78. The van der Waals surface area contributed by atoms with Crippen molar-refractivity contribution in [1.82, 2.24) is 4.90 Å². The lowest BCUT2D eigenvalue weighted by Gasteiger charge is -2.14. The van der Waals surface area contributed by atoms with E-state index in [1.165, 1.54) is 31.5 Å². The Morgan fingerprint density at radius 3 is 2.47 bits per heavy atom. The van der Waals surface area contributed by atoms with E-state index in [4.69, 9.17) is 0 Å². The van der Waals surface area contributed by atoms with Crippen LogP contribution in [0.5, 0.6) is 0 Å². The molecule has 15 heavy (non-hydrogen) atoms. The van der Waals surface area contributed by atoms with Crippen LogP contribution >= 0.6 is 0 Å². The quantitative estimate of drug-likeness (QED) is 0.759. The zero-order chi connectivity index (χ0) is 10.5. The van der Waals surface area contributed by atoms with Crippen molar-refractivity contribution in [3.05, 3.63) is 29.8 Å². The Labute approximate surface area is 90.1 Å². The highest BCUT2D eigenvalue weighted by Crippen LogP contribution is 2.14. The molecule has 1 aromatic carbocycles. The summed E-state index contributed by atoms with van der Waals surface area (Å²) in [5, 5.41) is 2.63. The first-order valence-corrected chi connectivity index (χ1v) is 5.40. The van der Waals surface area contributed by atoms with Crippen molar-refractivity contribution >= 4 is 12.1 Å². The van der Waals surface area contributed by atoms with Gasteiger partial charge in [-0.05, 0) is 43.6 Å². The van der Waals surface area contributed by atoms with Crippen molar-refractivity contribution in [2.45, 2.75) is 19.4 Å². The van der Waals surface area contributed by atoms with Crippen LogP contribution in [-0.2, 0) is 11.3 Å². The second-order valence-corrected chi connectivity index (χ2v) is 3.94. The molecule has 0 bridgehead atoms. The summed E-state index contributed by atoms with van der Waals surface area (Å²) >= 11 is 0. The summed E-state index contributed by atoms with van der Waals surface area (Å²) in [6.45, 7) is 3.46. The summed E-state index contributed by atoms with van der Waals surface area (Å²) in [6, 6.07) is 8.04. The highest BCUT2D eigenvalue weighted by Gasteiger charge is 2.11. The molecule has 1 saturated heterocycles. The molecule has 1 heterocycles. The maximum Gasteiger partial charge on any atom is 0.211 e. The highest BCUT2D eigenvalue weighted by atomic mass is 16.1. The Hall–Kier alpha value is -1.35. The lowest BCUT2D eigenvalue weighted by atomic mass is 10.2. The molecule has 1 fully saturated rings. The van der Waals surface area contributed by atoms with Crippen LogP contribution in [0.2, 0.25) is 0 Å². The number of rotatable bonds is 4. The van der Waals surface area contributed by atoms with Crippen LogP contribution in [0, 0.1) is 0 Å². The summed E-state index contributed by atoms with van der Waals surface area (Å²) in [5.74, 6) is 0. The molecular formula is C12H16N2O. The molecule has 0 aromatic heterocycles. The van der Waals surface area contributed by atoms with Gasteiger partial charge in [0.05, 0.1) is 0 Å². The fourth-order valence-corrected chi connectivity index (χ4v) is 1.97. The van der Waals surface area contributed by atoms with E-state index in [9.17, 15) is 4.79 Å². The molecule has 80 valence electrons. The van der Waals surface area contributed by atoms with Gasteiger partial charge in [-0.3, -0.25) is 9.69 Å². The van der Waals surface area contributed by atoms with Crippen LogP contribution in [0.15, 0.2) is 24.3 Å². The Balaban J connectivity index is 1.93. The number of amides is 1. The molecule has 0 spiro atoms. The average Bonchev–Trinajstić information content (AvgIpc) is 2.74. The minimum absolute atomic E-state index is 0.704. The standard InChI is InChI=1S/C12H16N2O/c15-10-13-12-5-3-11(4-6-12)9-14-7-1-2-8-14/h3-6,10H,1-2,7-9H2,(H,13,15). The SMILES string of the molecule is O=CNc1ccc(CN2CCCC2)cc1. The first kappa shape index (κ1) is 10.2. The molecule has 3 nitrogen and oxygen atoms in total. The second-order valence-electron chi connectivity index (χ2n) is 3.94. The average molecular weight is 204 g/mol. The number of hydrogen-bond donors (Lipinski definition) is 1. The van der Waals surface area contributed by atoms with E-state index < -0.39 is 0 Å². The number of carbonyl (C=O) groups excluding carboxylic acids is 1. The van der Waals surface area contributed by atoms with Gasteiger partial charge >= 0.3 is 0 Å². The van der Waals surface area contributed by atoms with Crippen molar-refractivity contribution in [3.8, 4) is 0 Å². The molecule has 1 aliphatic rings.